The fraction of sp³-hybridized carbons (Fsp3) is 0.600. The highest BCUT2D eigenvalue weighted by molar-refractivity contribution is 5.39. The van der Waals surface area contributed by atoms with Crippen molar-refractivity contribution in [2.75, 3.05) is 26.2 Å². The number of benzene rings is 1. The monoisotopic (exact) mass is 246 g/mol. The summed E-state index contributed by atoms with van der Waals surface area (Å²) < 4.78 is 5.77. The second-order valence-electron chi connectivity index (χ2n) is 5.66. The van der Waals surface area contributed by atoms with Gasteiger partial charge in [0.1, 0.15) is 5.75 Å². The summed E-state index contributed by atoms with van der Waals surface area (Å²) in [5.74, 6) is 1.62. The summed E-state index contributed by atoms with van der Waals surface area (Å²) >= 11 is 0. The quantitative estimate of drug-likeness (QED) is 0.862. The van der Waals surface area contributed by atoms with Gasteiger partial charge in [0, 0.05) is 43.2 Å². The first-order chi connectivity index (χ1) is 8.74. The van der Waals surface area contributed by atoms with Gasteiger partial charge in [0.05, 0.1) is 6.61 Å². The van der Waals surface area contributed by atoms with Crippen molar-refractivity contribution in [1.29, 1.82) is 0 Å². The van der Waals surface area contributed by atoms with Crippen LogP contribution in [0.4, 0.5) is 0 Å². The number of nitrogens with zero attached hydrogens (tertiary/aromatic N) is 1. The first-order valence-electron chi connectivity index (χ1n) is 6.93. The molecule has 2 aliphatic heterocycles. The number of rotatable bonds is 2. The third-order valence-electron chi connectivity index (χ3n) is 4.15. The minimum Gasteiger partial charge on any atom is -0.493 e. The Morgan fingerprint density at radius 1 is 1.33 bits per heavy atom. The minimum absolute atomic E-state index is 0.536. The highest BCUT2D eigenvalue weighted by Gasteiger charge is 2.29. The number of piperazine rings is 1. The normalized spacial score (nSPS) is 32.0. The molecule has 1 N–H and O–H groups in total. The van der Waals surface area contributed by atoms with Crippen molar-refractivity contribution in [2.45, 2.75) is 31.8 Å². The van der Waals surface area contributed by atoms with Crippen LogP contribution in [-0.2, 0) is 0 Å². The zero-order chi connectivity index (χ0) is 12.5. The van der Waals surface area contributed by atoms with Gasteiger partial charge < -0.3 is 10.1 Å². The standard InChI is InChI=1S/C15H22N2O/c1-11-8-17(12(2)7-16-11)9-13-10-18-15-6-4-3-5-14(13)15/h3-6,11-13,16H,7-10H2,1-2H3. The fourth-order valence-corrected chi connectivity index (χ4v) is 3.02. The van der Waals surface area contributed by atoms with Gasteiger partial charge in [-0.3, -0.25) is 4.90 Å². The summed E-state index contributed by atoms with van der Waals surface area (Å²) in [6.07, 6.45) is 0. The molecule has 3 atom stereocenters. The van der Waals surface area contributed by atoms with E-state index in [0.29, 0.717) is 18.0 Å². The van der Waals surface area contributed by atoms with Gasteiger partial charge in [-0.1, -0.05) is 18.2 Å². The molecule has 0 saturated carbocycles. The van der Waals surface area contributed by atoms with Crippen LogP contribution in [0.5, 0.6) is 5.75 Å². The van der Waals surface area contributed by atoms with Gasteiger partial charge in [0.2, 0.25) is 0 Å². The lowest BCUT2D eigenvalue weighted by atomic mass is 9.99. The van der Waals surface area contributed by atoms with E-state index in [1.807, 2.05) is 0 Å². The summed E-state index contributed by atoms with van der Waals surface area (Å²) in [4.78, 5) is 2.59. The molecular weight excluding hydrogens is 224 g/mol. The molecule has 0 radical (unpaired) electrons. The van der Waals surface area contributed by atoms with Gasteiger partial charge in [-0.2, -0.15) is 0 Å². The molecule has 3 unspecified atom stereocenters. The molecule has 0 aliphatic carbocycles. The Bertz CT molecular complexity index is 421. The van der Waals surface area contributed by atoms with Gasteiger partial charge in [-0.25, -0.2) is 0 Å². The van der Waals surface area contributed by atoms with Crippen molar-refractivity contribution in [3.63, 3.8) is 0 Å². The zero-order valence-corrected chi connectivity index (χ0v) is 11.2. The Kier molecular flexibility index (Phi) is 3.27. The number of fused-ring (bicyclic) bond motifs is 1. The molecule has 3 nitrogen and oxygen atoms in total. The Balaban J connectivity index is 1.70. The van der Waals surface area contributed by atoms with E-state index in [-0.39, 0.29) is 0 Å². The third-order valence-corrected chi connectivity index (χ3v) is 4.15. The number of para-hydroxylation sites is 1. The molecule has 0 bridgehead atoms. The van der Waals surface area contributed by atoms with Crippen LogP contribution in [-0.4, -0.2) is 43.2 Å². The maximum Gasteiger partial charge on any atom is 0.122 e. The lowest BCUT2D eigenvalue weighted by Gasteiger charge is -2.38. The van der Waals surface area contributed by atoms with Crippen molar-refractivity contribution < 1.29 is 4.74 Å². The van der Waals surface area contributed by atoms with Crippen LogP contribution in [0.15, 0.2) is 24.3 Å². The number of hydrogen-bond donors (Lipinski definition) is 1. The van der Waals surface area contributed by atoms with E-state index in [2.05, 4.69) is 48.3 Å². The molecule has 2 aliphatic rings. The molecule has 18 heavy (non-hydrogen) atoms. The van der Waals surface area contributed by atoms with E-state index in [9.17, 15) is 0 Å². The van der Waals surface area contributed by atoms with Crippen molar-refractivity contribution in [3.05, 3.63) is 29.8 Å². The van der Waals surface area contributed by atoms with Crippen molar-refractivity contribution in [2.24, 2.45) is 0 Å². The summed E-state index contributed by atoms with van der Waals surface area (Å²) in [5.41, 5.74) is 1.39. The second kappa shape index (κ2) is 4.90. The number of hydrogen-bond acceptors (Lipinski definition) is 3. The Morgan fingerprint density at radius 3 is 3.06 bits per heavy atom. The average molecular weight is 246 g/mol. The van der Waals surface area contributed by atoms with Crippen LogP contribution in [0, 0.1) is 0 Å². The fourth-order valence-electron chi connectivity index (χ4n) is 3.02. The molecule has 3 rings (SSSR count). The molecule has 2 heterocycles. The predicted molar refractivity (Wildman–Crippen MR) is 73.2 cm³/mol. The van der Waals surface area contributed by atoms with E-state index in [0.717, 1.165) is 32.0 Å². The molecule has 0 spiro atoms. The van der Waals surface area contributed by atoms with E-state index in [1.165, 1.54) is 5.56 Å². The van der Waals surface area contributed by atoms with Gasteiger partial charge in [-0.05, 0) is 19.9 Å². The van der Waals surface area contributed by atoms with Gasteiger partial charge in [0.15, 0.2) is 0 Å². The third kappa shape index (κ3) is 2.25. The van der Waals surface area contributed by atoms with Gasteiger partial charge >= 0.3 is 0 Å². The maximum absolute atomic E-state index is 5.77. The highest BCUT2D eigenvalue weighted by atomic mass is 16.5. The molecule has 1 aromatic rings. The first kappa shape index (κ1) is 12.0. The molecule has 98 valence electrons. The molecular formula is C15H22N2O. The second-order valence-corrected chi connectivity index (χ2v) is 5.66. The maximum atomic E-state index is 5.77. The summed E-state index contributed by atoms with van der Waals surface area (Å²) in [5, 5.41) is 3.53. The van der Waals surface area contributed by atoms with Crippen molar-refractivity contribution >= 4 is 0 Å². The lowest BCUT2D eigenvalue weighted by molar-refractivity contribution is 0.132. The van der Waals surface area contributed by atoms with E-state index < -0.39 is 0 Å². The van der Waals surface area contributed by atoms with Crippen molar-refractivity contribution in [1.82, 2.24) is 10.2 Å². The van der Waals surface area contributed by atoms with Crippen LogP contribution in [0.2, 0.25) is 0 Å². The largest absolute Gasteiger partial charge is 0.493 e. The Labute approximate surface area is 109 Å². The summed E-state index contributed by atoms with van der Waals surface area (Å²) in [6, 6.07) is 9.68. The minimum atomic E-state index is 0.536. The van der Waals surface area contributed by atoms with Gasteiger partial charge in [-0.15, -0.1) is 0 Å². The van der Waals surface area contributed by atoms with Crippen LogP contribution >= 0.6 is 0 Å². The molecule has 0 aromatic heterocycles. The van der Waals surface area contributed by atoms with Crippen LogP contribution in [0.1, 0.15) is 25.3 Å². The number of ether oxygens (including phenoxy) is 1. The SMILES string of the molecule is CC1CN(CC2COc3ccccc32)C(C)CN1. The van der Waals surface area contributed by atoms with E-state index in [1.54, 1.807) is 0 Å². The molecule has 3 heteroatoms. The first-order valence-corrected chi connectivity index (χ1v) is 6.93. The molecule has 1 aromatic carbocycles. The summed E-state index contributed by atoms with van der Waals surface area (Å²) in [6.45, 7) is 8.75. The predicted octanol–water partition coefficient (Wildman–Crippen LogP) is 1.84. The molecule has 1 saturated heterocycles. The number of nitrogens with one attached hydrogen (secondary N) is 1. The van der Waals surface area contributed by atoms with Gasteiger partial charge in [0.25, 0.3) is 0 Å². The Hall–Kier alpha value is -1.06. The average Bonchev–Trinajstić information content (AvgIpc) is 2.78. The van der Waals surface area contributed by atoms with Crippen LogP contribution in [0.25, 0.3) is 0 Å². The van der Waals surface area contributed by atoms with Crippen molar-refractivity contribution in [3.8, 4) is 5.75 Å². The summed E-state index contributed by atoms with van der Waals surface area (Å²) in [7, 11) is 0. The van der Waals surface area contributed by atoms with E-state index >= 15 is 0 Å². The smallest absolute Gasteiger partial charge is 0.122 e. The zero-order valence-electron chi connectivity index (χ0n) is 11.2. The van der Waals surface area contributed by atoms with Crippen LogP contribution < -0.4 is 10.1 Å². The topological polar surface area (TPSA) is 24.5 Å². The van der Waals surface area contributed by atoms with E-state index in [4.69, 9.17) is 4.74 Å². The molecule has 1 fully saturated rings. The Morgan fingerprint density at radius 2 is 2.17 bits per heavy atom. The molecule has 0 amide bonds. The lowest BCUT2D eigenvalue weighted by Crippen LogP contribution is -2.55. The highest BCUT2D eigenvalue weighted by Crippen LogP contribution is 2.34. The van der Waals surface area contributed by atoms with Crippen LogP contribution in [0.3, 0.4) is 0 Å².